The number of amidine groups is 3. The van der Waals surface area contributed by atoms with Crippen molar-refractivity contribution in [1.82, 2.24) is 8.47 Å². The third-order valence-electron chi connectivity index (χ3n) is 12.6. The molecule has 2 aromatic heterocycles. The first-order chi connectivity index (χ1) is 29.4. The lowest BCUT2D eigenvalue weighted by molar-refractivity contribution is 0.390. The lowest BCUT2D eigenvalue weighted by Gasteiger charge is -2.30. The standard InChI is InChI=1S/C49H28N8O2Si/c50-42-34-18-26-10-2-6-14-30(26)22-38(34)46-54-44-36-20-28-12-4-5-13-29(28)21-37(36)45(52-44)55-48-40-24-32-16-8-7-15-31(32)23-39(40)47-53-43-35-19-27-11-3-1-9-25(27)17-33(35)41(51-43)49(58)60(59,56(42)46)57(47)48/h1-24,58-59H,50H2. The molecule has 1 unspecified atom stereocenters. The van der Waals surface area contributed by atoms with Crippen LogP contribution in [0.25, 0.3) is 70.3 Å². The average molecular weight is 789 g/mol. The van der Waals surface area contributed by atoms with E-state index in [1.165, 1.54) is 0 Å². The minimum atomic E-state index is -4.88. The van der Waals surface area contributed by atoms with Crippen LogP contribution in [-0.4, -0.2) is 44.5 Å². The number of nitrogen functional groups attached to an aromatic ring is 1. The second-order valence-electron chi connectivity index (χ2n) is 15.9. The summed E-state index contributed by atoms with van der Waals surface area (Å²) in [6.45, 7) is 0. The van der Waals surface area contributed by atoms with Gasteiger partial charge < -0.3 is 15.6 Å². The number of aliphatic hydroxyl groups is 1. The number of nitrogens with two attached hydrogens (primary N) is 1. The van der Waals surface area contributed by atoms with Gasteiger partial charge in [-0.2, -0.15) is 0 Å². The molecule has 14 rings (SSSR count). The Balaban J connectivity index is 1.24. The van der Waals surface area contributed by atoms with Crippen LogP contribution in [0, 0.1) is 0 Å². The molecule has 6 heterocycles. The monoisotopic (exact) mass is 788 g/mol. The summed E-state index contributed by atoms with van der Waals surface area (Å²) in [6, 6.07) is 48.9. The molecule has 10 nitrogen and oxygen atoms in total. The molecule has 280 valence electrons. The fraction of sp³-hybridized carbons (Fsp3) is 0. The molecule has 4 bridgehead atoms. The van der Waals surface area contributed by atoms with Crippen LogP contribution in [0.2, 0.25) is 0 Å². The van der Waals surface area contributed by atoms with Crippen LogP contribution in [0.5, 0.6) is 0 Å². The predicted octanol–water partition coefficient (Wildman–Crippen LogP) is 8.45. The quantitative estimate of drug-likeness (QED) is 0.133. The summed E-state index contributed by atoms with van der Waals surface area (Å²) in [5.74, 6) is 1.88. The zero-order valence-corrected chi connectivity index (χ0v) is 32.5. The number of benzene rings is 8. The van der Waals surface area contributed by atoms with E-state index < -0.39 is 8.64 Å². The molecule has 0 spiro atoms. The van der Waals surface area contributed by atoms with Gasteiger partial charge >= 0.3 is 8.64 Å². The normalized spacial score (nSPS) is 17.4. The molecule has 8 aromatic carbocycles. The van der Waals surface area contributed by atoms with Crippen molar-refractivity contribution in [1.29, 1.82) is 0 Å². The summed E-state index contributed by atoms with van der Waals surface area (Å²) < 4.78 is 3.40. The van der Waals surface area contributed by atoms with E-state index in [-0.39, 0.29) is 16.9 Å². The third-order valence-corrected chi connectivity index (χ3v) is 15.6. The number of aliphatic hydroxyl groups excluding tert-OH is 1. The van der Waals surface area contributed by atoms with Gasteiger partial charge in [0, 0.05) is 43.8 Å². The van der Waals surface area contributed by atoms with Crippen LogP contribution in [0.3, 0.4) is 0 Å². The molecular formula is C49H28N8O2Si. The number of nitrogens with zero attached hydrogens (tertiary/aromatic N) is 7. The SMILES string of the molecule is Nc1c2cc3ccccc3cc2c2n1[Si]1(O)C(O)=C3N=C(N=c4c5cc6ccccc6cc5c(n41)=NC1=NC(=N2)c2cc4ccccc4cc21)c1cc2ccccc2cc13. The van der Waals surface area contributed by atoms with Crippen molar-refractivity contribution in [2.24, 2.45) is 25.0 Å². The van der Waals surface area contributed by atoms with Crippen molar-refractivity contribution in [3.63, 3.8) is 0 Å². The van der Waals surface area contributed by atoms with E-state index >= 15 is 0 Å². The topological polar surface area (TPSA) is 138 Å². The van der Waals surface area contributed by atoms with Gasteiger partial charge in [0.05, 0.1) is 0 Å². The highest BCUT2D eigenvalue weighted by Crippen LogP contribution is 2.44. The minimum absolute atomic E-state index is 0.232. The number of rotatable bonds is 0. The summed E-state index contributed by atoms with van der Waals surface area (Å²) in [7, 11) is -4.88. The van der Waals surface area contributed by atoms with Crippen molar-refractivity contribution in [2.45, 2.75) is 0 Å². The van der Waals surface area contributed by atoms with Crippen molar-refractivity contribution in [3.05, 3.63) is 184 Å². The molecule has 1 atom stereocenters. The first kappa shape index (κ1) is 32.0. The van der Waals surface area contributed by atoms with Crippen molar-refractivity contribution in [3.8, 4) is 0 Å². The molecule has 4 N–H and O–H groups in total. The maximum absolute atomic E-state index is 14.4. The number of hydrogen-bond donors (Lipinski definition) is 3. The number of aliphatic imine (C=N–C) groups is 3. The van der Waals surface area contributed by atoms with Crippen LogP contribution in [0.1, 0.15) is 22.3 Å². The van der Waals surface area contributed by atoms with Crippen LogP contribution >= 0.6 is 0 Å². The van der Waals surface area contributed by atoms with Gasteiger partial charge in [0.15, 0.2) is 22.9 Å². The molecule has 0 saturated carbocycles. The molecule has 4 aliphatic rings. The largest absolute Gasteiger partial charge is 0.509 e. The van der Waals surface area contributed by atoms with Crippen LogP contribution in [0.15, 0.2) is 176 Å². The number of hydrogen-bond acceptors (Lipinski definition) is 8. The van der Waals surface area contributed by atoms with Gasteiger partial charge in [0.2, 0.25) is 0 Å². The zero-order valence-electron chi connectivity index (χ0n) is 31.5. The van der Waals surface area contributed by atoms with Crippen molar-refractivity contribution >= 4 is 108 Å². The molecule has 11 heteroatoms. The minimum Gasteiger partial charge on any atom is -0.509 e. The van der Waals surface area contributed by atoms with E-state index in [4.69, 9.17) is 30.7 Å². The van der Waals surface area contributed by atoms with Crippen LogP contribution in [-0.2, 0) is 0 Å². The smallest absolute Gasteiger partial charge is 0.503 e. The van der Waals surface area contributed by atoms with E-state index in [1.807, 2.05) is 78.9 Å². The average Bonchev–Trinajstić information content (AvgIpc) is 3.97. The maximum atomic E-state index is 14.4. The molecule has 4 aliphatic heterocycles. The Morgan fingerprint density at radius 1 is 0.417 bits per heavy atom. The summed E-state index contributed by atoms with van der Waals surface area (Å²) in [6.07, 6.45) is 0. The zero-order chi connectivity index (χ0) is 39.6. The van der Waals surface area contributed by atoms with E-state index in [1.54, 1.807) is 8.47 Å². The maximum Gasteiger partial charge on any atom is 0.503 e. The van der Waals surface area contributed by atoms with E-state index in [0.29, 0.717) is 50.6 Å². The Bertz CT molecular complexity index is 4010. The molecular weight excluding hydrogens is 761 g/mol. The molecule has 0 fully saturated rings. The summed E-state index contributed by atoms with van der Waals surface area (Å²) >= 11 is 0. The van der Waals surface area contributed by atoms with E-state index in [2.05, 4.69) is 66.7 Å². The summed E-state index contributed by atoms with van der Waals surface area (Å²) in [4.78, 5) is 40.8. The number of aromatic nitrogens is 2. The van der Waals surface area contributed by atoms with Crippen LogP contribution < -0.4 is 16.7 Å². The van der Waals surface area contributed by atoms with Crippen molar-refractivity contribution in [2.75, 3.05) is 5.73 Å². The van der Waals surface area contributed by atoms with E-state index in [9.17, 15) is 9.90 Å². The highest BCUT2D eigenvalue weighted by molar-refractivity contribution is 6.78. The van der Waals surface area contributed by atoms with Gasteiger partial charge in [-0.05, 0) is 91.6 Å². The van der Waals surface area contributed by atoms with Gasteiger partial charge in [0.25, 0.3) is 0 Å². The second-order valence-corrected chi connectivity index (χ2v) is 18.5. The highest BCUT2D eigenvalue weighted by Gasteiger charge is 2.53. The second kappa shape index (κ2) is 10.9. The Hall–Kier alpha value is -7.99. The predicted molar refractivity (Wildman–Crippen MR) is 241 cm³/mol. The summed E-state index contributed by atoms with van der Waals surface area (Å²) in [5, 5.41) is 23.8. The highest BCUT2D eigenvalue weighted by atomic mass is 28.4. The Kier molecular flexibility index (Phi) is 5.83. The number of anilines is 1. The Morgan fingerprint density at radius 3 is 1.30 bits per heavy atom. The van der Waals surface area contributed by atoms with Gasteiger partial charge in [-0.1, -0.05) is 97.1 Å². The first-order valence-corrected chi connectivity index (χ1v) is 21.6. The first-order valence-electron chi connectivity index (χ1n) is 19.7. The Morgan fingerprint density at radius 2 is 0.800 bits per heavy atom. The molecule has 10 aromatic rings. The molecule has 60 heavy (non-hydrogen) atoms. The molecule has 0 amide bonds. The lowest BCUT2D eigenvalue weighted by atomic mass is 10.0. The molecule has 0 aliphatic carbocycles. The molecule has 0 saturated heterocycles. The summed E-state index contributed by atoms with van der Waals surface area (Å²) in [5.41, 5.74) is 11.4. The van der Waals surface area contributed by atoms with Crippen LogP contribution in [0.4, 0.5) is 11.6 Å². The lowest BCUT2D eigenvalue weighted by Crippen LogP contribution is -2.62. The van der Waals surface area contributed by atoms with Gasteiger partial charge in [-0.25, -0.2) is 25.0 Å². The third kappa shape index (κ3) is 3.97. The fourth-order valence-electron chi connectivity index (χ4n) is 9.77. The van der Waals surface area contributed by atoms with Gasteiger partial charge in [0.1, 0.15) is 28.3 Å². The number of fused-ring (bicyclic) bond motifs is 19. The fourth-order valence-corrected chi connectivity index (χ4v) is 12.8. The van der Waals surface area contributed by atoms with Crippen molar-refractivity contribution < 1.29 is 9.90 Å². The molecule has 0 radical (unpaired) electrons. The van der Waals surface area contributed by atoms with Gasteiger partial charge in [-0.3, -0.25) is 8.47 Å². The van der Waals surface area contributed by atoms with Gasteiger partial charge in [-0.15, -0.1) is 0 Å². The van der Waals surface area contributed by atoms with E-state index in [0.717, 1.165) is 70.6 Å². The Labute approximate surface area is 340 Å².